The second-order valence-electron chi connectivity index (χ2n) is 5.70. The Hall–Kier alpha value is -0.805. The van der Waals surface area contributed by atoms with Gasteiger partial charge in [-0.1, -0.05) is 0 Å². The molecule has 0 aliphatic carbocycles. The van der Waals surface area contributed by atoms with Crippen LogP contribution in [0.15, 0.2) is 11.7 Å². The lowest BCUT2D eigenvalue weighted by Crippen LogP contribution is -2.41. The number of rotatable bonds is 4. The van der Waals surface area contributed by atoms with Crippen molar-refractivity contribution in [1.82, 2.24) is 5.32 Å². The molecule has 1 rings (SSSR count). The van der Waals surface area contributed by atoms with Gasteiger partial charge in [0, 0.05) is 17.7 Å². The Morgan fingerprint density at radius 3 is 2.00 bits per heavy atom. The van der Waals surface area contributed by atoms with Crippen molar-refractivity contribution in [2.45, 2.75) is 58.8 Å². The fraction of sp³-hybridized carbons (Fsp3) is 0.750. The Bertz CT molecular complexity index is 308. The van der Waals surface area contributed by atoms with Gasteiger partial charge >= 0.3 is 7.12 Å². The minimum absolute atomic E-state index is 0.326. The topological polar surface area (TPSA) is 54.3 Å². The van der Waals surface area contributed by atoms with Crippen molar-refractivity contribution in [1.29, 1.82) is 5.41 Å². The molecule has 0 spiro atoms. The molecule has 0 aromatic carbocycles. The quantitative estimate of drug-likeness (QED) is 0.582. The van der Waals surface area contributed by atoms with E-state index in [9.17, 15) is 0 Å². The number of hydrogen-bond donors (Lipinski definition) is 2. The molecule has 0 bridgehead atoms. The second-order valence-corrected chi connectivity index (χ2v) is 5.70. The minimum atomic E-state index is -0.469. The lowest BCUT2D eigenvalue weighted by Gasteiger charge is -2.32. The summed E-state index contributed by atoms with van der Waals surface area (Å²) in [5.41, 5.74) is -0.0211. The average Bonchev–Trinajstić information content (AvgIpc) is 2.36. The summed E-state index contributed by atoms with van der Waals surface area (Å²) in [6.07, 6.45) is 3.07. The second kappa shape index (κ2) is 4.82. The molecule has 1 aliphatic rings. The Morgan fingerprint density at radius 1 is 1.18 bits per heavy atom. The van der Waals surface area contributed by atoms with Crippen molar-refractivity contribution in [3.05, 3.63) is 11.7 Å². The maximum absolute atomic E-state index is 7.43. The summed E-state index contributed by atoms with van der Waals surface area (Å²) in [5, 5.41) is 10.6. The normalized spacial score (nSPS) is 23.0. The van der Waals surface area contributed by atoms with E-state index in [-0.39, 0.29) is 11.2 Å². The van der Waals surface area contributed by atoms with Gasteiger partial charge in [-0.25, -0.2) is 0 Å². The van der Waals surface area contributed by atoms with Crippen LogP contribution in [-0.4, -0.2) is 30.6 Å². The van der Waals surface area contributed by atoms with Crippen molar-refractivity contribution < 1.29 is 9.31 Å². The van der Waals surface area contributed by atoms with Gasteiger partial charge in [-0.2, -0.15) is 0 Å². The summed E-state index contributed by atoms with van der Waals surface area (Å²) in [6, 6.07) is 0.326. The molecule has 96 valence electrons. The highest BCUT2D eigenvalue weighted by molar-refractivity contribution is 6.60. The van der Waals surface area contributed by atoms with E-state index in [1.165, 1.54) is 6.21 Å². The molecule has 1 heterocycles. The smallest absolute Gasteiger partial charge is 0.399 e. The van der Waals surface area contributed by atoms with Crippen LogP contribution in [0.5, 0.6) is 0 Å². The molecular formula is C12H23BN2O2. The monoisotopic (exact) mass is 238 g/mol. The largest absolute Gasteiger partial charge is 0.497 e. The maximum atomic E-state index is 7.43. The van der Waals surface area contributed by atoms with Crippen LogP contribution in [0.3, 0.4) is 0 Å². The third-order valence-corrected chi connectivity index (χ3v) is 3.28. The molecule has 5 heteroatoms. The third-order valence-electron chi connectivity index (χ3n) is 3.28. The average molecular weight is 238 g/mol. The van der Waals surface area contributed by atoms with Gasteiger partial charge in [-0.05, 0) is 47.7 Å². The van der Waals surface area contributed by atoms with Crippen molar-refractivity contribution in [2.24, 2.45) is 0 Å². The molecular weight excluding hydrogens is 215 g/mol. The van der Waals surface area contributed by atoms with E-state index in [2.05, 4.69) is 5.32 Å². The molecule has 4 nitrogen and oxygen atoms in total. The summed E-state index contributed by atoms with van der Waals surface area (Å²) in [4.78, 5) is 0. The van der Waals surface area contributed by atoms with Gasteiger partial charge in [0.05, 0.1) is 11.2 Å². The van der Waals surface area contributed by atoms with E-state index >= 15 is 0 Å². The number of hydrogen-bond acceptors (Lipinski definition) is 4. The standard InChI is InChI=1S/C12H23BN2O2/c1-9(2)15-8-10(7-14)13-16-11(3,4)12(5,6)17-13/h7-9,14-15H,1-6H3/b10-8+,14-7?. The first kappa shape index (κ1) is 14.3. The van der Waals surface area contributed by atoms with Gasteiger partial charge in [-0.3, -0.25) is 0 Å². The van der Waals surface area contributed by atoms with Crippen LogP contribution in [0.2, 0.25) is 0 Å². The Labute approximate surface area is 104 Å². The SMILES string of the molecule is CC(C)N/C=C(\C=N)B1OC(C)(C)C(C)(C)O1. The van der Waals surface area contributed by atoms with E-state index in [1.54, 1.807) is 6.20 Å². The van der Waals surface area contributed by atoms with E-state index < -0.39 is 7.12 Å². The van der Waals surface area contributed by atoms with Crippen molar-refractivity contribution in [3.8, 4) is 0 Å². The molecule has 1 fully saturated rings. The van der Waals surface area contributed by atoms with Crippen molar-refractivity contribution in [2.75, 3.05) is 0 Å². The van der Waals surface area contributed by atoms with Crippen molar-refractivity contribution in [3.63, 3.8) is 0 Å². The van der Waals surface area contributed by atoms with Crippen LogP contribution < -0.4 is 5.32 Å². The van der Waals surface area contributed by atoms with Gasteiger partial charge in [0.25, 0.3) is 0 Å². The van der Waals surface area contributed by atoms with Crippen LogP contribution in [0.4, 0.5) is 0 Å². The highest BCUT2D eigenvalue weighted by Crippen LogP contribution is 2.38. The van der Waals surface area contributed by atoms with Gasteiger partial charge < -0.3 is 20.0 Å². The van der Waals surface area contributed by atoms with Crippen LogP contribution in [-0.2, 0) is 9.31 Å². The molecule has 1 saturated heterocycles. The predicted octanol–water partition coefficient (Wildman–Crippen LogP) is 2.15. The van der Waals surface area contributed by atoms with Gasteiger partial charge in [0.2, 0.25) is 0 Å². The summed E-state index contributed by atoms with van der Waals surface area (Å²) in [5.74, 6) is 0. The summed E-state index contributed by atoms with van der Waals surface area (Å²) >= 11 is 0. The summed E-state index contributed by atoms with van der Waals surface area (Å²) < 4.78 is 11.7. The third kappa shape index (κ3) is 3.10. The lowest BCUT2D eigenvalue weighted by molar-refractivity contribution is 0.00578. The molecule has 0 aromatic rings. The molecule has 1 aliphatic heterocycles. The fourth-order valence-electron chi connectivity index (χ4n) is 1.42. The van der Waals surface area contributed by atoms with Crippen LogP contribution in [0.1, 0.15) is 41.5 Å². The van der Waals surface area contributed by atoms with E-state index in [1.807, 2.05) is 41.5 Å². The molecule has 17 heavy (non-hydrogen) atoms. The van der Waals surface area contributed by atoms with Gasteiger partial charge in [0.15, 0.2) is 0 Å². The first-order chi connectivity index (χ1) is 7.69. The van der Waals surface area contributed by atoms with E-state index in [0.29, 0.717) is 11.5 Å². The predicted molar refractivity (Wildman–Crippen MR) is 71.2 cm³/mol. The van der Waals surface area contributed by atoms with Gasteiger partial charge in [0.1, 0.15) is 0 Å². The zero-order chi connectivity index (χ0) is 13.3. The molecule has 0 aromatic heterocycles. The minimum Gasteiger partial charge on any atom is -0.399 e. The Balaban J connectivity index is 2.81. The fourth-order valence-corrected chi connectivity index (χ4v) is 1.42. The van der Waals surface area contributed by atoms with Crippen LogP contribution in [0.25, 0.3) is 0 Å². The number of allylic oxidation sites excluding steroid dienone is 1. The van der Waals surface area contributed by atoms with E-state index in [4.69, 9.17) is 14.7 Å². The first-order valence-corrected chi connectivity index (χ1v) is 6.02. The maximum Gasteiger partial charge on any atom is 0.497 e. The molecule has 2 N–H and O–H groups in total. The highest BCUT2D eigenvalue weighted by Gasteiger charge is 2.52. The first-order valence-electron chi connectivity index (χ1n) is 6.02. The Kier molecular flexibility index (Phi) is 4.04. The lowest BCUT2D eigenvalue weighted by atomic mass is 9.79. The zero-order valence-electron chi connectivity index (χ0n) is 11.6. The van der Waals surface area contributed by atoms with E-state index in [0.717, 1.165) is 0 Å². The molecule has 0 radical (unpaired) electrons. The molecule has 0 amide bonds. The Morgan fingerprint density at radius 2 is 1.65 bits per heavy atom. The zero-order valence-corrected chi connectivity index (χ0v) is 11.6. The molecule has 0 saturated carbocycles. The molecule has 0 unspecified atom stereocenters. The number of nitrogens with one attached hydrogen (secondary N) is 2. The van der Waals surface area contributed by atoms with Crippen LogP contribution in [0, 0.1) is 5.41 Å². The summed E-state index contributed by atoms with van der Waals surface area (Å²) in [6.45, 7) is 12.1. The molecule has 0 atom stereocenters. The van der Waals surface area contributed by atoms with Gasteiger partial charge in [-0.15, -0.1) is 0 Å². The van der Waals surface area contributed by atoms with Crippen molar-refractivity contribution >= 4 is 13.3 Å². The highest BCUT2D eigenvalue weighted by atomic mass is 16.7. The van der Waals surface area contributed by atoms with Crippen LogP contribution >= 0.6 is 0 Å². The summed E-state index contributed by atoms with van der Waals surface area (Å²) in [7, 11) is -0.469.